The van der Waals surface area contributed by atoms with Gasteiger partial charge in [-0.25, -0.2) is 13.1 Å². The monoisotopic (exact) mass is 251 g/mol. The molecule has 0 bridgehead atoms. The Labute approximate surface area is 97.3 Å². The Morgan fingerprint density at radius 2 is 1.69 bits per heavy atom. The molecule has 96 valence electrons. The number of hydrogen-bond donors (Lipinski definition) is 2. The predicted octanol–water partition coefficient (Wildman–Crippen LogP) is 1.20. The highest BCUT2D eigenvalue weighted by molar-refractivity contribution is 7.90. The van der Waals surface area contributed by atoms with Gasteiger partial charge in [-0.05, 0) is 32.6 Å². The molecule has 0 aromatic carbocycles. The minimum Gasteiger partial charge on any atom is -0.480 e. The summed E-state index contributed by atoms with van der Waals surface area (Å²) in [5.74, 6) is -0.826. The van der Waals surface area contributed by atoms with Gasteiger partial charge in [-0.3, -0.25) is 4.79 Å². The topological polar surface area (TPSA) is 83.5 Å². The number of carboxylic acid groups (broad SMARTS) is 1. The highest BCUT2D eigenvalue weighted by Crippen LogP contribution is 2.08. The van der Waals surface area contributed by atoms with Crippen molar-refractivity contribution in [2.24, 2.45) is 5.92 Å². The van der Waals surface area contributed by atoms with Gasteiger partial charge in [0.2, 0.25) is 10.0 Å². The van der Waals surface area contributed by atoms with E-state index in [-0.39, 0.29) is 6.04 Å². The second-order valence-electron chi connectivity index (χ2n) is 4.52. The quantitative estimate of drug-likeness (QED) is 0.712. The Balaban J connectivity index is 4.32. The van der Waals surface area contributed by atoms with Gasteiger partial charge in [-0.2, -0.15) is 0 Å². The summed E-state index contributed by atoms with van der Waals surface area (Å²) in [4.78, 5) is 10.6. The fraction of sp³-hybridized carbons (Fsp3) is 0.900. The summed E-state index contributed by atoms with van der Waals surface area (Å²) >= 11 is 0. The zero-order chi connectivity index (χ0) is 12.9. The molecule has 0 aromatic heterocycles. The fourth-order valence-corrected chi connectivity index (χ4v) is 2.31. The van der Waals surface area contributed by atoms with Gasteiger partial charge in [0, 0.05) is 6.04 Å². The Morgan fingerprint density at radius 1 is 1.19 bits per heavy atom. The molecule has 2 atom stereocenters. The molecule has 0 aromatic rings. The molecule has 0 spiro atoms. The third-order valence-electron chi connectivity index (χ3n) is 2.36. The van der Waals surface area contributed by atoms with Crippen LogP contribution in [0.5, 0.6) is 0 Å². The highest BCUT2D eigenvalue weighted by atomic mass is 32.2. The Bertz CT molecular complexity index is 324. The van der Waals surface area contributed by atoms with Gasteiger partial charge in [-0.1, -0.05) is 13.8 Å². The zero-order valence-corrected chi connectivity index (χ0v) is 11.0. The molecule has 2 unspecified atom stereocenters. The molecule has 16 heavy (non-hydrogen) atoms. The number of sulfonamides is 1. The molecule has 0 aliphatic rings. The number of carbonyl (C=O) groups is 1. The first kappa shape index (κ1) is 15.4. The van der Waals surface area contributed by atoms with Crippen LogP contribution in [0, 0.1) is 5.92 Å². The fourth-order valence-electron chi connectivity index (χ4n) is 1.16. The van der Waals surface area contributed by atoms with Crippen LogP contribution in [0.2, 0.25) is 0 Å². The van der Waals surface area contributed by atoms with Crippen molar-refractivity contribution in [1.29, 1.82) is 0 Å². The van der Waals surface area contributed by atoms with E-state index in [2.05, 4.69) is 18.6 Å². The Kier molecular flexibility index (Phi) is 5.96. The van der Waals surface area contributed by atoms with E-state index in [1.54, 1.807) is 6.92 Å². The minimum atomic E-state index is -3.76. The van der Waals surface area contributed by atoms with Crippen molar-refractivity contribution in [3.8, 4) is 0 Å². The highest BCUT2D eigenvalue weighted by Gasteiger charge is 2.28. The summed E-state index contributed by atoms with van der Waals surface area (Å²) in [5, 5.41) is 7.22. The molecule has 6 heteroatoms. The van der Waals surface area contributed by atoms with Crippen LogP contribution in [0.25, 0.3) is 0 Å². The number of carboxylic acids is 1. The van der Waals surface area contributed by atoms with E-state index in [4.69, 9.17) is 5.11 Å². The molecule has 0 fully saturated rings. The lowest BCUT2D eigenvalue weighted by atomic mass is 10.1. The third-order valence-corrected chi connectivity index (χ3v) is 4.22. The summed E-state index contributed by atoms with van der Waals surface area (Å²) < 4.78 is 25.5. The smallest absolute Gasteiger partial charge is 0.323 e. The molecule has 0 amide bonds. The van der Waals surface area contributed by atoms with Crippen LogP contribution < -0.4 is 4.72 Å². The number of aliphatic carboxylic acids is 1. The van der Waals surface area contributed by atoms with Crippen LogP contribution in [0.15, 0.2) is 0 Å². The molecule has 0 saturated carbocycles. The second kappa shape index (κ2) is 6.20. The maximum atomic E-state index is 11.5. The first-order chi connectivity index (χ1) is 7.16. The van der Waals surface area contributed by atoms with Crippen LogP contribution in [-0.4, -0.2) is 30.8 Å². The van der Waals surface area contributed by atoms with Crippen LogP contribution >= 0.6 is 0 Å². The first-order valence-electron chi connectivity index (χ1n) is 5.40. The first-order valence-corrected chi connectivity index (χ1v) is 6.95. The molecular formula is C10H21NO4S. The van der Waals surface area contributed by atoms with Crippen molar-refractivity contribution >= 4 is 16.0 Å². The molecule has 0 heterocycles. The van der Waals surface area contributed by atoms with Crippen molar-refractivity contribution in [1.82, 2.24) is 4.72 Å². The Hall–Kier alpha value is -0.620. The van der Waals surface area contributed by atoms with Crippen LogP contribution in [-0.2, 0) is 14.8 Å². The van der Waals surface area contributed by atoms with Crippen LogP contribution in [0.3, 0.4) is 0 Å². The normalized spacial score (nSPS) is 16.1. The van der Waals surface area contributed by atoms with Crippen molar-refractivity contribution in [2.75, 3.05) is 0 Å². The summed E-state index contributed by atoms with van der Waals surface area (Å²) in [6.45, 7) is 7.02. The van der Waals surface area contributed by atoms with Gasteiger partial charge >= 0.3 is 5.97 Å². The molecule has 0 radical (unpaired) electrons. The summed E-state index contributed by atoms with van der Waals surface area (Å²) in [5.41, 5.74) is 0. The number of rotatable bonds is 7. The van der Waals surface area contributed by atoms with Gasteiger partial charge in [0.15, 0.2) is 5.25 Å². The SMILES string of the molecule is CC(C)CCC(C)NS(=O)(=O)C(C)C(=O)O. The van der Waals surface area contributed by atoms with Crippen molar-refractivity contribution in [3.63, 3.8) is 0 Å². The maximum Gasteiger partial charge on any atom is 0.323 e. The van der Waals surface area contributed by atoms with E-state index >= 15 is 0 Å². The van der Waals surface area contributed by atoms with E-state index in [1.807, 2.05) is 0 Å². The summed E-state index contributed by atoms with van der Waals surface area (Å²) in [7, 11) is -3.76. The average Bonchev–Trinajstić information content (AvgIpc) is 2.12. The van der Waals surface area contributed by atoms with E-state index in [0.29, 0.717) is 12.3 Å². The van der Waals surface area contributed by atoms with Crippen molar-refractivity contribution in [3.05, 3.63) is 0 Å². The largest absolute Gasteiger partial charge is 0.480 e. The number of nitrogens with one attached hydrogen (secondary N) is 1. The molecule has 0 aliphatic heterocycles. The average molecular weight is 251 g/mol. The summed E-state index contributed by atoms with van der Waals surface area (Å²) in [6, 6.07) is -0.228. The maximum absolute atomic E-state index is 11.5. The van der Waals surface area contributed by atoms with Gasteiger partial charge in [0.25, 0.3) is 0 Å². The van der Waals surface area contributed by atoms with Gasteiger partial charge in [0.05, 0.1) is 0 Å². The number of hydrogen-bond acceptors (Lipinski definition) is 3. The lowest BCUT2D eigenvalue weighted by Crippen LogP contribution is -2.41. The molecule has 0 rings (SSSR count). The van der Waals surface area contributed by atoms with Crippen LogP contribution in [0.4, 0.5) is 0 Å². The lowest BCUT2D eigenvalue weighted by Gasteiger charge is -2.17. The van der Waals surface area contributed by atoms with Gasteiger partial charge in [-0.15, -0.1) is 0 Å². The Morgan fingerprint density at radius 3 is 2.06 bits per heavy atom. The minimum absolute atomic E-state index is 0.228. The second-order valence-corrected chi connectivity index (χ2v) is 6.55. The standard InChI is InChI=1S/C10H21NO4S/c1-7(2)5-6-8(3)11-16(14,15)9(4)10(12)13/h7-9,11H,5-6H2,1-4H3,(H,12,13). The summed E-state index contributed by atoms with van der Waals surface area (Å²) in [6.07, 6.45) is 1.62. The van der Waals surface area contributed by atoms with E-state index in [1.165, 1.54) is 6.92 Å². The van der Waals surface area contributed by atoms with E-state index in [9.17, 15) is 13.2 Å². The molecule has 0 aliphatic carbocycles. The van der Waals surface area contributed by atoms with Crippen molar-refractivity contribution in [2.45, 2.75) is 51.8 Å². The van der Waals surface area contributed by atoms with E-state index < -0.39 is 21.2 Å². The van der Waals surface area contributed by atoms with E-state index in [0.717, 1.165) is 6.42 Å². The van der Waals surface area contributed by atoms with Gasteiger partial charge in [0.1, 0.15) is 0 Å². The zero-order valence-electron chi connectivity index (χ0n) is 10.2. The van der Waals surface area contributed by atoms with Crippen LogP contribution in [0.1, 0.15) is 40.5 Å². The molecular weight excluding hydrogens is 230 g/mol. The van der Waals surface area contributed by atoms with Crippen molar-refractivity contribution < 1.29 is 18.3 Å². The predicted molar refractivity (Wildman–Crippen MR) is 62.7 cm³/mol. The molecule has 0 saturated heterocycles. The molecule has 5 nitrogen and oxygen atoms in total. The third kappa shape index (κ3) is 5.46. The lowest BCUT2D eigenvalue weighted by molar-refractivity contribution is -0.136. The van der Waals surface area contributed by atoms with Gasteiger partial charge < -0.3 is 5.11 Å². The molecule has 2 N–H and O–H groups in total.